The molecule has 0 fully saturated rings. The van der Waals surface area contributed by atoms with Crippen LogP contribution in [-0.2, 0) is 17.9 Å². The highest BCUT2D eigenvalue weighted by Gasteiger charge is 2.14. The molecule has 7 nitrogen and oxygen atoms in total. The van der Waals surface area contributed by atoms with Crippen LogP contribution in [0.15, 0.2) is 65.2 Å². The Morgan fingerprint density at radius 1 is 1.19 bits per heavy atom. The first kappa shape index (κ1) is 18.6. The third-order valence-corrected chi connectivity index (χ3v) is 4.01. The molecule has 0 aliphatic carbocycles. The molecular weight excluding hydrogens is 346 g/mol. The summed E-state index contributed by atoms with van der Waals surface area (Å²) in [4.78, 5) is 11.1. The number of nitrogens with one attached hydrogen (secondary N) is 1. The summed E-state index contributed by atoms with van der Waals surface area (Å²) in [7, 11) is 0. The Kier molecular flexibility index (Phi) is 6.19. The van der Waals surface area contributed by atoms with Gasteiger partial charge in [0.25, 0.3) is 0 Å². The van der Waals surface area contributed by atoms with E-state index in [0.29, 0.717) is 18.1 Å². The predicted octanol–water partition coefficient (Wildman–Crippen LogP) is 1.86. The largest absolute Gasteiger partial charge is 0.489 e. The monoisotopic (exact) mass is 367 g/mol. The maximum absolute atomic E-state index is 11.1. The maximum atomic E-state index is 11.1. The zero-order chi connectivity index (χ0) is 19.1. The summed E-state index contributed by atoms with van der Waals surface area (Å²) < 4.78 is 11.0. The third kappa shape index (κ3) is 5.16. The lowest BCUT2D eigenvalue weighted by Gasteiger charge is -2.10. The first-order chi connectivity index (χ1) is 13.2. The van der Waals surface area contributed by atoms with Gasteiger partial charge in [0.2, 0.25) is 5.91 Å². The van der Waals surface area contributed by atoms with Crippen LogP contribution in [0.4, 0.5) is 0 Å². The number of ether oxygens (including phenoxy) is 1. The van der Waals surface area contributed by atoms with Gasteiger partial charge in [0.15, 0.2) is 5.76 Å². The van der Waals surface area contributed by atoms with Crippen LogP contribution in [0, 0.1) is 0 Å². The quantitative estimate of drug-likeness (QED) is 0.532. The van der Waals surface area contributed by atoms with E-state index in [4.69, 9.17) is 20.1 Å². The fourth-order valence-corrected chi connectivity index (χ4v) is 2.47. The lowest BCUT2D eigenvalue weighted by molar-refractivity contribution is -0.120. The van der Waals surface area contributed by atoms with Gasteiger partial charge in [-0.25, -0.2) is 0 Å². The van der Waals surface area contributed by atoms with Crippen LogP contribution in [0.25, 0.3) is 11.3 Å². The van der Waals surface area contributed by atoms with Gasteiger partial charge < -0.3 is 20.1 Å². The minimum atomic E-state index is -0.820. The number of aliphatic hydroxyl groups is 1. The summed E-state index contributed by atoms with van der Waals surface area (Å²) in [5.74, 6) is 0.678. The summed E-state index contributed by atoms with van der Waals surface area (Å²) >= 11 is 0. The van der Waals surface area contributed by atoms with E-state index in [2.05, 4.69) is 10.5 Å². The number of benzene rings is 2. The third-order valence-electron chi connectivity index (χ3n) is 4.01. The number of primary amides is 1. The molecule has 0 radical (unpaired) electrons. The van der Waals surface area contributed by atoms with Gasteiger partial charge in [0.1, 0.15) is 24.1 Å². The van der Waals surface area contributed by atoms with Crippen LogP contribution in [0.1, 0.15) is 11.3 Å². The number of nitrogens with two attached hydrogens (primary N) is 1. The van der Waals surface area contributed by atoms with Gasteiger partial charge in [-0.3, -0.25) is 10.1 Å². The zero-order valence-corrected chi connectivity index (χ0v) is 14.7. The lowest BCUT2D eigenvalue weighted by atomic mass is 10.1. The molecule has 0 aliphatic rings. The van der Waals surface area contributed by atoms with Crippen LogP contribution >= 0.6 is 0 Å². The van der Waals surface area contributed by atoms with Crippen molar-refractivity contribution in [2.45, 2.75) is 19.2 Å². The number of aromatic nitrogens is 1. The summed E-state index contributed by atoms with van der Waals surface area (Å²) in [6, 6.07) is 18.4. The molecular formula is C20H21N3O4. The van der Waals surface area contributed by atoms with Crippen molar-refractivity contribution >= 4 is 5.91 Å². The molecule has 7 heteroatoms. The van der Waals surface area contributed by atoms with Crippen molar-refractivity contribution in [3.63, 3.8) is 0 Å². The Hall–Kier alpha value is -3.16. The molecule has 140 valence electrons. The fraction of sp³-hybridized carbons (Fsp3) is 0.200. The Labute approximate surface area is 156 Å². The molecule has 3 aromatic rings. The molecule has 0 aliphatic heterocycles. The van der Waals surface area contributed by atoms with E-state index in [1.807, 2.05) is 54.6 Å². The second kappa shape index (κ2) is 8.98. The number of nitrogens with zero attached hydrogens (tertiary/aromatic N) is 1. The van der Waals surface area contributed by atoms with Gasteiger partial charge in [-0.2, -0.15) is 0 Å². The molecule has 27 heavy (non-hydrogen) atoms. The average molecular weight is 367 g/mol. The van der Waals surface area contributed by atoms with Gasteiger partial charge in [-0.1, -0.05) is 35.5 Å². The number of amides is 1. The fourth-order valence-electron chi connectivity index (χ4n) is 2.47. The number of carbonyl (C=O) groups excluding carboxylic acids is 1. The molecule has 0 spiro atoms. The predicted molar refractivity (Wildman–Crippen MR) is 99.6 cm³/mol. The number of aliphatic hydroxyl groups excluding tert-OH is 1. The molecule has 1 atom stereocenters. The second-order valence-electron chi connectivity index (χ2n) is 6.00. The van der Waals surface area contributed by atoms with E-state index in [1.54, 1.807) is 6.07 Å². The van der Waals surface area contributed by atoms with Gasteiger partial charge >= 0.3 is 0 Å². The van der Waals surface area contributed by atoms with Crippen molar-refractivity contribution in [2.24, 2.45) is 5.73 Å². The molecule has 2 aromatic carbocycles. The second-order valence-corrected chi connectivity index (χ2v) is 6.00. The molecule has 0 bridgehead atoms. The van der Waals surface area contributed by atoms with Crippen molar-refractivity contribution in [3.05, 3.63) is 72.0 Å². The molecule has 0 saturated carbocycles. The van der Waals surface area contributed by atoms with Crippen LogP contribution in [0.2, 0.25) is 0 Å². The van der Waals surface area contributed by atoms with Crippen LogP contribution in [0.5, 0.6) is 5.75 Å². The Balaban J connectivity index is 1.57. The average Bonchev–Trinajstić information content (AvgIpc) is 3.17. The van der Waals surface area contributed by atoms with Crippen molar-refractivity contribution in [2.75, 3.05) is 6.61 Å². The number of hydrogen-bond donors (Lipinski definition) is 3. The number of carbonyl (C=O) groups is 1. The molecule has 1 unspecified atom stereocenters. The molecule has 4 N–H and O–H groups in total. The van der Waals surface area contributed by atoms with E-state index in [1.165, 1.54) is 0 Å². The highest BCUT2D eigenvalue weighted by molar-refractivity contribution is 5.79. The van der Waals surface area contributed by atoms with Gasteiger partial charge in [0, 0.05) is 11.6 Å². The van der Waals surface area contributed by atoms with Crippen molar-refractivity contribution in [3.8, 4) is 17.0 Å². The normalized spacial score (nSPS) is 11.9. The van der Waals surface area contributed by atoms with Crippen LogP contribution in [-0.4, -0.2) is 28.8 Å². The molecule has 1 heterocycles. The molecule has 0 saturated heterocycles. The smallest absolute Gasteiger partial charge is 0.236 e. The topological polar surface area (TPSA) is 111 Å². The first-order valence-corrected chi connectivity index (χ1v) is 8.52. The zero-order valence-electron chi connectivity index (χ0n) is 14.7. The SMILES string of the molecule is NC(=O)C(CO)NCc1cc(-c2ccc(OCc3ccccc3)cc2)no1. The number of hydrogen-bond acceptors (Lipinski definition) is 6. The first-order valence-electron chi connectivity index (χ1n) is 8.52. The number of rotatable bonds is 9. The Morgan fingerprint density at radius 2 is 1.93 bits per heavy atom. The highest BCUT2D eigenvalue weighted by atomic mass is 16.5. The standard InChI is InChI=1S/C20H21N3O4/c21-20(25)19(12-24)22-11-17-10-18(23-27-17)15-6-8-16(9-7-15)26-13-14-4-2-1-3-5-14/h1-10,19,22,24H,11-13H2,(H2,21,25). The maximum Gasteiger partial charge on any atom is 0.236 e. The van der Waals surface area contributed by atoms with E-state index < -0.39 is 11.9 Å². The van der Waals surface area contributed by atoms with Gasteiger partial charge in [0.05, 0.1) is 13.2 Å². The molecule has 1 amide bonds. The van der Waals surface area contributed by atoms with E-state index in [-0.39, 0.29) is 13.2 Å². The Bertz CT molecular complexity index is 862. The van der Waals surface area contributed by atoms with E-state index >= 15 is 0 Å². The minimum absolute atomic E-state index is 0.236. The van der Waals surface area contributed by atoms with Crippen molar-refractivity contribution in [1.29, 1.82) is 0 Å². The van der Waals surface area contributed by atoms with E-state index in [9.17, 15) is 4.79 Å². The molecule has 3 rings (SSSR count). The van der Waals surface area contributed by atoms with E-state index in [0.717, 1.165) is 16.9 Å². The Morgan fingerprint density at radius 3 is 2.59 bits per heavy atom. The summed E-state index contributed by atoms with van der Waals surface area (Å²) in [6.45, 7) is 0.367. The van der Waals surface area contributed by atoms with Gasteiger partial charge in [-0.15, -0.1) is 0 Å². The van der Waals surface area contributed by atoms with Crippen LogP contribution < -0.4 is 15.8 Å². The van der Waals surface area contributed by atoms with Crippen molar-refractivity contribution in [1.82, 2.24) is 10.5 Å². The summed E-state index contributed by atoms with van der Waals surface area (Å²) in [5.41, 5.74) is 7.82. The lowest BCUT2D eigenvalue weighted by Crippen LogP contribution is -2.43. The summed E-state index contributed by atoms with van der Waals surface area (Å²) in [5, 5.41) is 15.9. The van der Waals surface area contributed by atoms with Gasteiger partial charge in [-0.05, 0) is 29.8 Å². The van der Waals surface area contributed by atoms with Crippen molar-refractivity contribution < 1.29 is 19.2 Å². The summed E-state index contributed by atoms with van der Waals surface area (Å²) in [6.07, 6.45) is 0. The van der Waals surface area contributed by atoms with Crippen LogP contribution in [0.3, 0.4) is 0 Å². The highest BCUT2D eigenvalue weighted by Crippen LogP contribution is 2.23. The molecule has 1 aromatic heterocycles. The minimum Gasteiger partial charge on any atom is -0.489 e.